The number of nitrogens with one attached hydrogen (secondary N) is 1. The van der Waals surface area contributed by atoms with E-state index in [0.717, 1.165) is 35.1 Å². The summed E-state index contributed by atoms with van der Waals surface area (Å²) in [6.07, 6.45) is 2.57. The molecule has 0 unspecified atom stereocenters. The summed E-state index contributed by atoms with van der Waals surface area (Å²) in [4.78, 5) is 12.6. The molecule has 0 aromatic heterocycles. The molecule has 4 rings (SSSR count). The highest BCUT2D eigenvalue weighted by Crippen LogP contribution is 2.29. The molecule has 1 N–H and O–H groups in total. The van der Waals surface area contributed by atoms with Crippen molar-refractivity contribution in [3.63, 3.8) is 0 Å². The molecule has 3 aromatic carbocycles. The van der Waals surface area contributed by atoms with E-state index in [9.17, 15) is 4.79 Å². The van der Waals surface area contributed by atoms with Gasteiger partial charge in [0, 0.05) is 17.9 Å². The Balaban J connectivity index is 1.29. The first kappa shape index (κ1) is 19.2. The number of carbonyl (C=O) groups is 1. The van der Waals surface area contributed by atoms with Gasteiger partial charge in [-0.05, 0) is 66.3 Å². The zero-order valence-corrected chi connectivity index (χ0v) is 16.3. The highest BCUT2D eigenvalue weighted by atomic mass is 16.5. The number of hydrogen-bond donors (Lipinski definition) is 1. The second-order valence-corrected chi connectivity index (χ2v) is 7.41. The van der Waals surface area contributed by atoms with Crippen molar-refractivity contribution >= 4 is 11.6 Å². The van der Waals surface area contributed by atoms with E-state index >= 15 is 0 Å². The van der Waals surface area contributed by atoms with Crippen molar-refractivity contribution in [2.24, 2.45) is 5.92 Å². The highest BCUT2D eigenvalue weighted by molar-refractivity contribution is 6.04. The van der Waals surface area contributed by atoms with Gasteiger partial charge in [0.15, 0.2) is 0 Å². The van der Waals surface area contributed by atoms with Crippen LogP contribution in [0.1, 0.15) is 34.3 Å². The van der Waals surface area contributed by atoms with Gasteiger partial charge in [0.2, 0.25) is 0 Å². The molecule has 1 aliphatic rings. The van der Waals surface area contributed by atoms with Crippen LogP contribution in [-0.2, 0) is 18.0 Å². The van der Waals surface area contributed by atoms with Crippen LogP contribution < -0.4 is 10.1 Å². The quantitative estimate of drug-likeness (QED) is 0.531. The van der Waals surface area contributed by atoms with Gasteiger partial charge in [0.1, 0.15) is 12.4 Å². The monoisotopic (exact) mass is 387 g/mol. The molecule has 29 heavy (non-hydrogen) atoms. The molecule has 0 heterocycles. The minimum atomic E-state index is -0.128. The molecular weight excluding hydrogens is 362 g/mol. The Morgan fingerprint density at radius 2 is 1.66 bits per heavy atom. The first-order valence-electron chi connectivity index (χ1n) is 10.0. The van der Waals surface area contributed by atoms with Gasteiger partial charge in [0.25, 0.3) is 5.91 Å². The van der Waals surface area contributed by atoms with Crippen molar-refractivity contribution in [1.29, 1.82) is 0 Å². The zero-order chi connectivity index (χ0) is 19.9. The van der Waals surface area contributed by atoms with Gasteiger partial charge in [0.05, 0.1) is 6.61 Å². The number of para-hydroxylation sites is 1. The third-order valence-corrected chi connectivity index (χ3v) is 4.87. The molecule has 1 fully saturated rings. The fourth-order valence-corrected chi connectivity index (χ4v) is 3.01. The molecule has 0 aliphatic heterocycles. The van der Waals surface area contributed by atoms with Crippen molar-refractivity contribution in [3.8, 4) is 5.75 Å². The lowest BCUT2D eigenvalue weighted by atomic mass is 10.1. The standard InChI is InChI=1S/C25H25NO3/c27-25(26-23-6-4-5-21(15-23)17-28-16-19-9-10-19)22-13-11-20(12-14-22)18-29-24-7-2-1-3-8-24/h1-8,11-15,19H,9-10,16-18H2,(H,26,27). The molecule has 1 saturated carbocycles. The topological polar surface area (TPSA) is 47.6 Å². The van der Waals surface area contributed by atoms with Crippen LogP contribution in [0, 0.1) is 5.92 Å². The molecule has 0 bridgehead atoms. The lowest BCUT2D eigenvalue weighted by molar-refractivity contribution is 0.102. The number of benzene rings is 3. The predicted octanol–water partition coefficient (Wildman–Crippen LogP) is 5.44. The van der Waals surface area contributed by atoms with Crippen molar-refractivity contribution in [2.75, 3.05) is 11.9 Å². The largest absolute Gasteiger partial charge is 0.489 e. The molecule has 4 heteroatoms. The second kappa shape index (κ2) is 9.39. The average molecular weight is 387 g/mol. The van der Waals surface area contributed by atoms with Gasteiger partial charge in [-0.3, -0.25) is 4.79 Å². The molecular formula is C25H25NO3. The van der Waals surface area contributed by atoms with Crippen molar-refractivity contribution < 1.29 is 14.3 Å². The van der Waals surface area contributed by atoms with Crippen molar-refractivity contribution in [3.05, 3.63) is 95.6 Å². The van der Waals surface area contributed by atoms with E-state index in [1.165, 1.54) is 12.8 Å². The van der Waals surface area contributed by atoms with E-state index in [1.54, 1.807) is 0 Å². The summed E-state index contributed by atoms with van der Waals surface area (Å²) >= 11 is 0. The fourth-order valence-electron chi connectivity index (χ4n) is 3.01. The Bertz CT molecular complexity index is 934. The van der Waals surface area contributed by atoms with Crippen molar-refractivity contribution in [1.82, 2.24) is 0 Å². The predicted molar refractivity (Wildman–Crippen MR) is 114 cm³/mol. The van der Waals surface area contributed by atoms with Crippen LogP contribution >= 0.6 is 0 Å². The maximum absolute atomic E-state index is 12.6. The molecule has 1 aliphatic carbocycles. The maximum Gasteiger partial charge on any atom is 0.255 e. The van der Waals surface area contributed by atoms with Crippen molar-refractivity contribution in [2.45, 2.75) is 26.1 Å². The maximum atomic E-state index is 12.6. The van der Waals surface area contributed by atoms with E-state index < -0.39 is 0 Å². The number of amides is 1. The van der Waals surface area contributed by atoms with Gasteiger partial charge in [-0.2, -0.15) is 0 Å². The number of anilines is 1. The molecule has 4 nitrogen and oxygen atoms in total. The Morgan fingerprint density at radius 3 is 2.41 bits per heavy atom. The third kappa shape index (κ3) is 5.93. The Kier molecular flexibility index (Phi) is 6.22. The van der Waals surface area contributed by atoms with Crippen LogP contribution in [0.25, 0.3) is 0 Å². The van der Waals surface area contributed by atoms with Crippen LogP contribution in [-0.4, -0.2) is 12.5 Å². The summed E-state index contributed by atoms with van der Waals surface area (Å²) in [5, 5.41) is 2.96. The van der Waals surface area contributed by atoms with E-state index in [2.05, 4.69) is 5.32 Å². The summed E-state index contributed by atoms with van der Waals surface area (Å²) in [7, 11) is 0. The molecule has 148 valence electrons. The van der Waals surface area contributed by atoms with E-state index in [0.29, 0.717) is 18.8 Å². The Labute approximate surface area is 171 Å². The first-order valence-corrected chi connectivity index (χ1v) is 10.0. The van der Waals surface area contributed by atoms with Gasteiger partial charge in [-0.15, -0.1) is 0 Å². The molecule has 0 radical (unpaired) electrons. The number of ether oxygens (including phenoxy) is 2. The van der Waals surface area contributed by atoms with Crippen LogP contribution in [0.2, 0.25) is 0 Å². The summed E-state index contributed by atoms with van der Waals surface area (Å²) in [5.41, 5.74) is 3.47. The fraction of sp³-hybridized carbons (Fsp3) is 0.240. The van der Waals surface area contributed by atoms with Gasteiger partial charge in [-0.25, -0.2) is 0 Å². The highest BCUT2D eigenvalue weighted by Gasteiger charge is 2.21. The van der Waals surface area contributed by atoms with Gasteiger partial charge >= 0.3 is 0 Å². The summed E-state index contributed by atoms with van der Waals surface area (Å²) in [5.74, 6) is 1.45. The third-order valence-electron chi connectivity index (χ3n) is 4.87. The van der Waals surface area contributed by atoms with E-state index in [4.69, 9.17) is 9.47 Å². The molecule has 0 saturated heterocycles. The van der Waals surface area contributed by atoms with Crippen LogP contribution in [0.3, 0.4) is 0 Å². The SMILES string of the molecule is O=C(Nc1cccc(COCC2CC2)c1)c1ccc(COc2ccccc2)cc1. The Hall–Kier alpha value is -3.11. The second-order valence-electron chi connectivity index (χ2n) is 7.41. The summed E-state index contributed by atoms with van der Waals surface area (Å²) in [6.45, 7) is 1.88. The molecule has 1 amide bonds. The molecule has 0 atom stereocenters. The minimum Gasteiger partial charge on any atom is -0.489 e. The zero-order valence-electron chi connectivity index (χ0n) is 16.3. The lowest BCUT2D eigenvalue weighted by Gasteiger charge is -2.09. The summed E-state index contributed by atoms with van der Waals surface area (Å²) < 4.78 is 11.5. The Morgan fingerprint density at radius 1 is 0.862 bits per heavy atom. The smallest absolute Gasteiger partial charge is 0.255 e. The van der Waals surface area contributed by atoms with E-state index in [-0.39, 0.29) is 5.91 Å². The van der Waals surface area contributed by atoms with Gasteiger partial charge < -0.3 is 14.8 Å². The van der Waals surface area contributed by atoms with Crippen LogP contribution in [0.5, 0.6) is 5.75 Å². The minimum absolute atomic E-state index is 0.128. The number of rotatable bonds is 9. The number of hydrogen-bond acceptors (Lipinski definition) is 3. The lowest BCUT2D eigenvalue weighted by Crippen LogP contribution is -2.12. The van der Waals surface area contributed by atoms with E-state index in [1.807, 2.05) is 78.9 Å². The van der Waals surface area contributed by atoms with Crippen LogP contribution in [0.15, 0.2) is 78.9 Å². The summed E-state index contributed by atoms with van der Waals surface area (Å²) in [6, 6.07) is 25.0. The molecule has 0 spiro atoms. The average Bonchev–Trinajstić information content (AvgIpc) is 3.58. The number of carbonyl (C=O) groups excluding carboxylic acids is 1. The normalized spacial score (nSPS) is 13.1. The van der Waals surface area contributed by atoms with Crippen LogP contribution in [0.4, 0.5) is 5.69 Å². The molecule has 3 aromatic rings. The first-order chi connectivity index (χ1) is 14.3. The van der Waals surface area contributed by atoms with Gasteiger partial charge in [-0.1, -0.05) is 42.5 Å².